The van der Waals surface area contributed by atoms with Crippen LogP contribution in [0.2, 0.25) is 15.1 Å². The number of thiophene rings is 1. The van der Waals surface area contributed by atoms with E-state index in [0.29, 0.717) is 57.9 Å². The number of benzene rings is 1. The molecular formula is C15H14Cl3N3O2S. The zero-order chi connectivity index (χ0) is 17.4. The second-order valence-electron chi connectivity index (χ2n) is 5.48. The summed E-state index contributed by atoms with van der Waals surface area (Å²) in [6, 6.07) is 2.88. The van der Waals surface area contributed by atoms with E-state index in [-0.39, 0.29) is 5.91 Å². The van der Waals surface area contributed by atoms with Crippen LogP contribution in [0.4, 0.5) is 4.79 Å². The lowest BCUT2D eigenvalue weighted by Gasteiger charge is -2.20. The number of nitrogens with two attached hydrogens (primary N) is 1. The molecule has 3 amide bonds. The van der Waals surface area contributed by atoms with E-state index >= 15 is 0 Å². The van der Waals surface area contributed by atoms with E-state index in [9.17, 15) is 9.59 Å². The molecular weight excluding hydrogens is 393 g/mol. The largest absolute Gasteiger partial charge is 0.351 e. The van der Waals surface area contributed by atoms with E-state index in [2.05, 4.69) is 0 Å². The van der Waals surface area contributed by atoms with Crippen molar-refractivity contribution < 1.29 is 9.59 Å². The minimum absolute atomic E-state index is 0.167. The Bertz CT molecular complexity index is 824. The average molecular weight is 407 g/mol. The Kier molecular flexibility index (Phi) is 5.11. The van der Waals surface area contributed by atoms with Crippen molar-refractivity contribution in [2.45, 2.75) is 6.42 Å². The van der Waals surface area contributed by atoms with Gasteiger partial charge in [-0.15, -0.1) is 11.3 Å². The number of hydrogen-bond donors (Lipinski definition) is 1. The molecule has 0 spiro atoms. The van der Waals surface area contributed by atoms with Crippen LogP contribution in [0, 0.1) is 0 Å². The van der Waals surface area contributed by atoms with Gasteiger partial charge in [-0.25, -0.2) is 4.79 Å². The second kappa shape index (κ2) is 6.96. The van der Waals surface area contributed by atoms with Gasteiger partial charge in [-0.2, -0.15) is 0 Å². The lowest BCUT2D eigenvalue weighted by molar-refractivity contribution is 0.0767. The summed E-state index contributed by atoms with van der Waals surface area (Å²) in [5.41, 5.74) is 5.31. The van der Waals surface area contributed by atoms with Crippen molar-refractivity contribution in [1.29, 1.82) is 0 Å². The molecule has 3 rings (SSSR count). The van der Waals surface area contributed by atoms with Crippen LogP contribution in [-0.2, 0) is 0 Å². The van der Waals surface area contributed by atoms with Crippen LogP contribution in [0.5, 0.6) is 0 Å². The maximum atomic E-state index is 12.9. The topological polar surface area (TPSA) is 66.6 Å². The summed E-state index contributed by atoms with van der Waals surface area (Å²) in [6.07, 6.45) is 0.670. The van der Waals surface area contributed by atoms with Gasteiger partial charge in [0.15, 0.2) is 0 Å². The van der Waals surface area contributed by atoms with Crippen molar-refractivity contribution >= 4 is 68.2 Å². The van der Waals surface area contributed by atoms with Crippen LogP contribution >= 0.6 is 46.1 Å². The Morgan fingerprint density at radius 3 is 2.42 bits per heavy atom. The standard InChI is InChI=1S/C15H14Cl3N3O2S/c16-8-6-9(17)11-10(7-8)24-13(12(11)18)14(22)20-2-1-3-21(5-4-20)15(19)23/h6-7H,1-5H2,(H2,19,23). The van der Waals surface area contributed by atoms with Gasteiger partial charge in [-0.3, -0.25) is 4.79 Å². The third kappa shape index (κ3) is 3.28. The average Bonchev–Trinajstić information content (AvgIpc) is 2.71. The minimum Gasteiger partial charge on any atom is -0.351 e. The highest BCUT2D eigenvalue weighted by atomic mass is 35.5. The molecule has 24 heavy (non-hydrogen) atoms. The van der Waals surface area contributed by atoms with Crippen molar-refractivity contribution in [3.8, 4) is 0 Å². The molecule has 5 nitrogen and oxygen atoms in total. The first-order chi connectivity index (χ1) is 11.4. The molecule has 2 aromatic rings. The Balaban J connectivity index is 1.90. The number of halogens is 3. The van der Waals surface area contributed by atoms with E-state index in [4.69, 9.17) is 40.5 Å². The van der Waals surface area contributed by atoms with Crippen molar-refractivity contribution in [2.24, 2.45) is 5.73 Å². The monoisotopic (exact) mass is 405 g/mol. The number of primary amides is 1. The van der Waals surface area contributed by atoms with Gasteiger partial charge in [-0.05, 0) is 18.6 Å². The molecule has 0 unspecified atom stereocenters. The van der Waals surface area contributed by atoms with E-state index in [1.54, 1.807) is 17.0 Å². The van der Waals surface area contributed by atoms with E-state index in [1.807, 2.05) is 0 Å². The van der Waals surface area contributed by atoms with Gasteiger partial charge in [0.25, 0.3) is 5.91 Å². The fourth-order valence-electron chi connectivity index (χ4n) is 2.73. The Hall–Kier alpha value is -1.21. The Labute approximate surface area is 157 Å². The summed E-state index contributed by atoms with van der Waals surface area (Å²) < 4.78 is 0.773. The number of hydrogen-bond acceptors (Lipinski definition) is 3. The predicted molar refractivity (Wildman–Crippen MR) is 98.5 cm³/mol. The first-order valence-electron chi connectivity index (χ1n) is 7.29. The molecule has 2 heterocycles. The zero-order valence-corrected chi connectivity index (χ0v) is 15.6. The summed E-state index contributed by atoms with van der Waals surface area (Å²) in [4.78, 5) is 27.8. The van der Waals surface area contributed by atoms with Crippen molar-refractivity contribution in [1.82, 2.24) is 9.80 Å². The number of carbonyl (C=O) groups is 2. The molecule has 1 saturated heterocycles. The van der Waals surface area contributed by atoms with Crippen LogP contribution < -0.4 is 5.73 Å². The summed E-state index contributed by atoms with van der Waals surface area (Å²) in [5.74, 6) is -0.167. The normalized spacial score (nSPS) is 15.6. The molecule has 2 N–H and O–H groups in total. The molecule has 0 atom stereocenters. The van der Waals surface area contributed by atoms with Gasteiger partial charge in [-0.1, -0.05) is 34.8 Å². The van der Waals surface area contributed by atoms with Crippen LogP contribution in [0.25, 0.3) is 10.1 Å². The molecule has 1 fully saturated rings. The van der Waals surface area contributed by atoms with Crippen LogP contribution in [0.15, 0.2) is 12.1 Å². The number of carbonyl (C=O) groups excluding carboxylic acids is 2. The van der Waals surface area contributed by atoms with E-state index in [0.717, 1.165) is 4.70 Å². The Morgan fingerprint density at radius 1 is 1.04 bits per heavy atom. The highest BCUT2D eigenvalue weighted by Crippen LogP contribution is 2.41. The highest BCUT2D eigenvalue weighted by Gasteiger charge is 2.26. The van der Waals surface area contributed by atoms with Gasteiger partial charge in [0.2, 0.25) is 0 Å². The van der Waals surface area contributed by atoms with Crippen molar-refractivity contribution in [3.05, 3.63) is 32.1 Å². The molecule has 0 radical (unpaired) electrons. The number of amides is 3. The quantitative estimate of drug-likeness (QED) is 0.775. The molecule has 1 aromatic heterocycles. The fourth-order valence-corrected chi connectivity index (χ4v) is 5.08. The molecule has 0 saturated carbocycles. The summed E-state index contributed by atoms with van der Waals surface area (Å²) >= 11 is 19.9. The smallest absolute Gasteiger partial charge is 0.314 e. The number of nitrogens with zero attached hydrogens (tertiary/aromatic N) is 2. The van der Waals surface area contributed by atoms with Crippen LogP contribution in [0.3, 0.4) is 0 Å². The maximum Gasteiger partial charge on any atom is 0.314 e. The van der Waals surface area contributed by atoms with Gasteiger partial charge in [0.1, 0.15) is 4.88 Å². The van der Waals surface area contributed by atoms with Crippen LogP contribution in [0.1, 0.15) is 16.1 Å². The lowest BCUT2D eigenvalue weighted by atomic mass is 10.2. The van der Waals surface area contributed by atoms with Crippen molar-refractivity contribution in [2.75, 3.05) is 26.2 Å². The SMILES string of the molecule is NC(=O)N1CCCN(C(=O)c2sc3cc(Cl)cc(Cl)c3c2Cl)CC1. The number of urea groups is 1. The van der Waals surface area contributed by atoms with E-state index < -0.39 is 6.03 Å². The van der Waals surface area contributed by atoms with Crippen molar-refractivity contribution in [3.63, 3.8) is 0 Å². The van der Waals surface area contributed by atoms with E-state index in [1.165, 1.54) is 16.2 Å². The maximum absolute atomic E-state index is 12.9. The molecule has 0 aliphatic carbocycles. The summed E-state index contributed by atoms with van der Waals surface area (Å²) in [6.45, 7) is 1.92. The van der Waals surface area contributed by atoms with Crippen LogP contribution in [-0.4, -0.2) is 47.9 Å². The first kappa shape index (κ1) is 17.6. The molecule has 9 heteroatoms. The predicted octanol–water partition coefficient (Wildman–Crippen LogP) is 4.09. The van der Waals surface area contributed by atoms with Gasteiger partial charge in [0.05, 0.1) is 10.0 Å². The lowest BCUT2D eigenvalue weighted by Crippen LogP contribution is -2.39. The molecule has 1 aliphatic rings. The van der Waals surface area contributed by atoms with Gasteiger partial charge in [0, 0.05) is 41.3 Å². The molecule has 1 aromatic carbocycles. The fraction of sp³-hybridized carbons (Fsp3) is 0.333. The van der Waals surface area contributed by atoms with Gasteiger partial charge >= 0.3 is 6.03 Å². The zero-order valence-electron chi connectivity index (χ0n) is 12.5. The van der Waals surface area contributed by atoms with Gasteiger partial charge < -0.3 is 15.5 Å². The third-order valence-electron chi connectivity index (χ3n) is 3.94. The Morgan fingerprint density at radius 2 is 1.71 bits per heavy atom. The number of rotatable bonds is 1. The third-order valence-corrected chi connectivity index (χ3v) is 6.07. The molecule has 128 valence electrons. The second-order valence-corrected chi connectivity index (χ2v) is 7.75. The summed E-state index contributed by atoms with van der Waals surface area (Å²) in [5, 5.41) is 1.91. The number of fused-ring (bicyclic) bond motifs is 1. The molecule has 0 bridgehead atoms. The molecule has 1 aliphatic heterocycles. The minimum atomic E-state index is -0.467. The highest BCUT2D eigenvalue weighted by molar-refractivity contribution is 7.21. The first-order valence-corrected chi connectivity index (χ1v) is 9.24. The summed E-state index contributed by atoms with van der Waals surface area (Å²) in [7, 11) is 0.